The molecular formula is C41H44Hf. The van der Waals surface area contributed by atoms with Gasteiger partial charge in [0.15, 0.2) is 0 Å². The van der Waals surface area contributed by atoms with Crippen LogP contribution in [-0.2, 0) is 31.8 Å². The topological polar surface area (TPSA) is 0 Å². The Kier molecular flexibility index (Phi) is 7.63. The number of rotatable bonds is 4. The van der Waals surface area contributed by atoms with Crippen LogP contribution in [0.4, 0.5) is 0 Å². The van der Waals surface area contributed by atoms with E-state index in [0.717, 1.165) is 0 Å². The Morgan fingerprint density at radius 1 is 0.619 bits per heavy atom. The van der Waals surface area contributed by atoms with Gasteiger partial charge in [0.25, 0.3) is 0 Å². The Labute approximate surface area is 261 Å². The van der Waals surface area contributed by atoms with Gasteiger partial charge in [0.05, 0.1) is 0 Å². The van der Waals surface area contributed by atoms with Gasteiger partial charge in [-0.05, 0) is 0 Å². The molecule has 2 aliphatic rings. The molecule has 0 radical (unpaired) electrons. The molecule has 0 unspecified atom stereocenters. The van der Waals surface area contributed by atoms with Crippen molar-refractivity contribution in [2.75, 3.05) is 0 Å². The molecule has 0 amide bonds. The van der Waals surface area contributed by atoms with E-state index in [2.05, 4.69) is 165 Å². The van der Waals surface area contributed by atoms with E-state index in [1.165, 1.54) is 44.5 Å². The fraction of sp³-hybridized carbons (Fsp3) is 0.293. The molecule has 0 N–H and O–H groups in total. The molecule has 0 saturated heterocycles. The Morgan fingerprint density at radius 3 is 1.69 bits per heavy atom. The predicted octanol–water partition coefficient (Wildman–Crippen LogP) is 10.8. The van der Waals surface area contributed by atoms with Crippen LogP contribution >= 0.6 is 0 Å². The first-order valence-corrected chi connectivity index (χ1v) is 21.4. The van der Waals surface area contributed by atoms with Crippen LogP contribution < -0.4 is 0 Å². The van der Waals surface area contributed by atoms with Gasteiger partial charge in [0.2, 0.25) is 0 Å². The maximum atomic E-state index is 2.53. The number of allylic oxidation sites excluding steroid dienone is 4. The average Bonchev–Trinajstić information content (AvgIpc) is 3.59. The van der Waals surface area contributed by atoms with E-state index in [-0.39, 0.29) is 10.8 Å². The molecule has 4 aromatic carbocycles. The zero-order valence-electron chi connectivity index (χ0n) is 26.5. The number of benzene rings is 4. The summed E-state index contributed by atoms with van der Waals surface area (Å²) in [6, 6.07) is 33.2. The molecule has 0 saturated carbocycles. The third-order valence-electron chi connectivity index (χ3n) is 9.39. The van der Waals surface area contributed by atoms with Crippen molar-refractivity contribution in [3.05, 3.63) is 154 Å². The Morgan fingerprint density at radius 2 is 1.17 bits per heavy atom. The molecule has 212 valence electrons. The maximum absolute atomic E-state index is 2.89. The Bertz CT molecular complexity index is 1670. The molecule has 1 heteroatoms. The molecular weight excluding hydrogens is 671 g/mol. The van der Waals surface area contributed by atoms with Gasteiger partial charge in [-0.15, -0.1) is 0 Å². The zero-order valence-corrected chi connectivity index (χ0v) is 30.1. The first kappa shape index (κ1) is 29.2. The van der Waals surface area contributed by atoms with Crippen LogP contribution in [-0.4, -0.2) is 3.26 Å². The summed E-state index contributed by atoms with van der Waals surface area (Å²) in [4.78, 5) is 0. The van der Waals surface area contributed by atoms with Crippen molar-refractivity contribution in [3.8, 4) is 11.1 Å². The first-order chi connectivity index (χ1) is 19.9. The standard InChI is InChI=1S/C21H25.C15H14.C5H5.Hf/c1-20(2,3)16-9-7-14-11-15-8-10-17(21(4,5)6)13-19(15)18(14)12-16;1-12-7-6-10-15(13(12)2)11-14-8-4-3-5-9-14;1-2-4-5-3-1;/h7-13H,1-6H3;3-10H,1-2H3;1-5H;. The first-order valence-electron chi connectivity index (χ1n) is 15.5. The summed E-state index contributed by atoms with van der Waals surface area (Å²) in [6.07, 6.45) is 9.62. The van der Waals surface area contributed by atoms with Gasteiger partial charge >= 0.3 is 263 Å². The van der Waals surface area contributed by atoms with Crippen LogP contribution in [0, 0.1) is 13.8 Å². The van der Waals surface area contributed by atoms with Crippen molar-refractivity contribution in [2.24, 2.45) is 0 Å². The molecule has 0 spiro atoms. The van der Waals surface area contributed by atoms with Crippen LogP contribution in [0.5, 0.6) is 0 Å². The fourth-order valence-electron chi connectivity index (χ4n) is 6.77. The van der Waals surface area contributed by atoms with Gasteiger partial charge in [-0.3, -0.25) is 0 Å². The summed E-state index contributed by atoms with van der Waals surface area (Å²) in [5.74, 6) is 0. The number of hydrogen-bond donors (Lipinski definition) is 0. The molecule has 0 aromatic heterocycles. The summed E-state index contributed by atoms with van der Waals surface area (Å²) in [5, 5.41) is 0. The number of aryl methyl sites for hydroxylation is 1. The van der Waals surface area contributed by atoms with Crippen LogP contribution in [0.25, 0.3) is 11.1 Å². The second-order valence-electron chi connectivity index (χ2n) is 14.3. The van der Waals surface area contributed by atoms with Gasteiger partial charge in [0, 0.05) is 0 Å². The van der Waals surface area contributed by atoms with Crippen molar-refractivity contribution in [3.63, 3.8) is 0 Å². The van der Waals surface area contributed by atoms with Crippen LogP contribution in [0.15, 0.2) is 109 Å². The van der Waals surface area contributed by atoms with Gasteiger partial charge in [0.1, 0.15) is 0 Å². The minimum atomic E-state index is -2.89. The van der Waals surface area contributed by atoms with Gasteiger partial charge in [-0.1, -0.05) is 0 Å². The summed E-state index contributed by atoms with van der Waals surface area (Å²) in [5.41, 5.74) is 14.8. The van der Waals surface area contributed by atoms with Crippen LogP contribution in [0.2, 0.25) is 3.67 Å². The number of hydrogen-bond acceptors (Lipinski definition) is 0. The van der Waals surface area contributed by atoms with Crippen LogP contribution in [0.3, 0.4) is 0 Å². The molecule has 0 fully saturated rings. The summed E-state index contributed by atoms with van der Waals surface area (Å²) >= 11 is -2.89. The molecule has 6 rings (SSSR count). The van der Waals surface area contributed by atoms with E-state index in [1.54, 1.807) is 14.4 Å². The zero-order chi connectivity index (χ0) is 29.8. The van der Waals surface area contributed by atoms with E-state index in [4.69, 9.17) is 0 Å². The molecule has 0 bridgehead atoms. The minimum absolute atomic E-state index is 0.106. The van der Waals surface area contributed by atoms with E-state index in [0.29, 0.717) is 7.35 Å². The van der Waals surface area contributed by atoms with Crippen molar-refractivity contribution >= 4 is 3.26 Å². The summed E-state index contributed by atoms with van der Waals surface area (Å²) < 4.78 is 2.63. The van der Waals surface area contributed by atoms with Gasteiger partial charge < -0.3 is 0 Å². The second kappa shape index (κ2) is 11.0. The summed E-state index contributed by atoms with van der Waals surface area (Å²) in [6.45, 7) is 18.6. The molecule has 0 atom stereocenters. The summed E-state index contributed by atoms with van der Waals surface area (Å²) in [7, 11) is 0. The van der Waals surface area contributed by atoms with E-state index in [9.17, 15) is 0 Å². The van der Waals surface area contributed by atoms with Crippen molar-refractivity contribution in [2.45, 2.75) is 73.6 Å². The molecule has 0 aliphatic heterocycles. The second-order valence-corrected chi connectivity index (χ2v) is 23.8. The fourth-order valence-corrected chi connectivity index (χ4v) is 20.8. The number of fused-ring (bicyclic) bond motifs is 3. The van der Waals surface area contributed by atoms with E-state index in [1.807, 2.05) is 0 Å². The average molecular weight is 715 g/mol. The third kappa shape index (κ3) is 5.24. The quantitative estimate of drug-likeness (QED) is 0.185. The van der Waals surface area contributed by atoms with Crippen LogP contribution in [0.1, 0.15) is 89.7 Å². The molecule has 2 aliphatic carbocycles. The SMILES string of the molecule is Cc1cccc([C](c2ccccc2)=[Hf]([CH]2C=CC=C2)[CH]2c3ccc(C(C)(C)C)cc3-c3cc(C(C)(C)C)ccc32)c1C. The molecule has 0 heterocycles. The van der Waals surface area contributed by atoms with Crippen molar-refractivity contribution in [1.29, 1.82) is 0 Å². The van der Waals surface area contributed by atoms with E-state index < -0.39 is 21.0 Å². The van der Waals surface area contributed by atoms with Gasteiger partial charge in [-0.2, -0.15) is 0 Å². The van der Waals surface area contributed by atoms with Crippen molar-refractivity contribution < 1.29 is 21.0 Å². The Hall–Kier alpha value is -2.90. The van der Waals surface area contributed by atoms with Crippen molar-refractivity contribution in [1.82, 2.24) is 0 Å². The third-order valence-corrected chi connectivity index (χ3v) is 21.9. The van der Waals surface area contributed by atoms with Gasteiger partial charge in [-0.25, -0.2) is 0 Å². The molecule has 4 aromatic rings. The van der Waals surface area contributed by atoms with E-state index >= 15 is 0 Å². The Balaban J connectivity index is 1.74. The molecule has 42 heavy (non-hydrogen) atoms. The predicted molar refractivity (Wildman–Crippen MR) is 179 cm³/mol. The normalized spacial score (nSPS) is 15.6. The molecule has 0 nitrogen and oxygen atoms in total. The monoisotopic (exact) mass is 716 g/mol.